The third-order valence-corrected chi connectivity index (χ3v) is 3.12. The Morgan fingerprint density at radius 1 is 1.19 bits per heavy atom. The normalized spacial score (nSPS) is 10.0. The van der Waals surface area contributed by atoms with Crippen molar-refractivity contribution in [2.24, 2.45) is 0 Å². The van der Waals surface area contributed by atoms with Crippen LogP contribution in [0.15, 0.2) is 42.5 Å². The molecular weight excluding hydrogens is 273 g/mol. The number of carbonyl (C=O) groups is 2. The van der Waals surface area contributed by atoms with Gasteiger partial charge in [-0.3, -0.25) is 9.59 Å². The molecule has 0 atom stereocenters. The molecule has 2 aromatic carbocycles. The highest BCUT2D eigenvalue weighted by atomic mass is 19.1. The van der Waals surface area contributed by atoms with Gasteiger partial charge in [-0.2, -0.15) is 0 Å². The van der Waals surface area contributed by atoms with Gasteiger partial charge in [-0.05, 0) is 36.4 Å². The topological polar surface area (TPSA) is 46.6 Å². The maximum absolute atomic E-state index is 13.9. The van der Waals surface area contributed by atoms with Crippen molar-refractivity contribution in [2.75, 3.05) is 19.1 Å². The molecule has 0 saturated carbocycles. The third kappa shape index (κ3) is 2.91. The number of hydrogen-bond donors (Lipinski definition) is 0. The number of methoxy groups -OCH3 is 1. The Morgan fingerprint density at radius 3 is 2.43 bits per heavy atom. The highest BCUT2D eigenvalue weighted by Gasteiger charge is 2.19. The maximum Gasteiger partial charge on any atom is 0.213 e. The summed E-state index contributed by atoms with van der Waals surface area (Å²) in [6.07, 6.45) is 0.663. The monoisotopic (exact) mass is 287 g/mol. The van der Waals surface area contributed by atoms with Crippen LogP contribution >= 0.6 is 0 Å². The predicted molar refractivity (Wildman–Crippen MR) is 77.3 cm³/mol. The Morgan fingerprint density at radius 2 is 1.86 bits per heavy atom. The third-order valence-electron chi connectivity index (χ3n) is 3.12. The van der Waals surface area contributed by atoms with Crippen LogP contribution in [0, 0.1) is 5.82 Å². The zero-order valence-electron chi connectivity index (χ0n) is 11.7. The Balaban J connectivity index is 2.39. The van der Waals surface area contributed by atoms with Crippen LogP contribution in [-0.4, -0.2) is 26.4 Å². The summed E-state index contributed by atoms with van der Waals surface area (Å²) in [5.74, 6) is -0.909. The number of halogens is 1. The molecule has 0 aliphatic heterocycles. The minimum atomic E-state index is -0.631. The van der Waals surface area contributed by atoms with Gasteiger partial charge in [0, 0.05) is 18.3 Å². The summed E-state index contributed by atoms with van der Waals surface area (Å²) >= 11 is 0. The van der Waals surface area contributed by atoms with E-state index in [2.05, 4.69) is 0 Å². The van der Waals surface area contributed by atoms with Crippen LogP contribution in [0.25, 0.3) is 0 Å². The van der Waals surface area contributed by atoms with Gasteiger partial charge >= 0.3 is 0 Å². The lowest BCUT2D eigenvalue weighted by Crippen LogP contribution is -2.14. The van der Waals surface area contributed by atoms with Crippen molar-refractivity contribution >= 4 is 17.9 Å². The van der Waals surface area contributed by atoms with Gasteiger partial charge in [0.1, 0.15) is 17.1 Å². The van der Waals surface area contributed by atoms with E-state index in [9.17, 15) is 14.0 Å². The Labute approximate surface area is 121 Å². The number of nitrogens with zero attached hydrogens (tertiary/aromatic N) is 1. The number of carbonyl (C=O) groups excluding carboxylic acids is 2. The fourth-order valence-electron chi connectivity index (χ4n) is 1.95. The van der Waals surface area contributed by atoms with E-state index >= 15 is 0 Å². The van der Waals surface area contributed by atoms with E-state index in [0.717, 1.165) is 0 Å². The molecule has 0 heterocycles. The Kier molecular flexibility index (Phi) is 4.33. The van der Waals surface area contributed by atoms with E-state index < -0.39 is 11.6 Å². The molecule has 0 aliphatic rings. The molecule has 0 radical (unpaired) electrons. The Bertz CT molecular complexity index is 668. The van der Waals surface area contributed by atoms with E-state index in [0.29, 0.717) is 17.7 Å². The van der Waals surface area contributed by atoms with Gasteiger partial charge in [0.2, 0.25) is 6.41 Å². The molecule has 108 valence electrons. The van der Waals surface area contributed by atoms with Crippen LogP contribution in [-0.2, 0) is 4.79 Å². The van der Waals surface area contributed by atoms with E-state index in [4.69, 9.17) is 4.74 Å². The first-order chi connectivity index (χ1) is 10.1. The van der Waals surface area contributed by atoms with E-state index in [-0.39, 0.29) is 11.3 Å². The van der Waals surface area contributed by atoms with Crippen molar-refractivity contribution < 1.29 is 18.7 Å². The van der Waals surface area contributed by atoms with Crippen LogP contribution in [0.1, 0.15) is 15.9 Å². The van der Waals surface area contributed by atoms with Crippen LogP contribution in [0.5, 0.6) is 5.75 Å². The summed E-state index contributed by atoms with van der Waals surface area (Å²) in [5.41, 5.74) is 0.861. The molecule has 0 aliphatic carbocycles. The zero-order chi connectivity index (χ0) is 15.4. The highest BCUT2D eigenvalue weighted by Crippen LogP contribution is 2.25. The fraction of sp³-hybridized carbons (Fsp3) is 0.125. The average molecular weight is 287 g/mol. The molecule has 0 spiro atoms. The number of amides is 1. The summed E-state index contributed by atoms with van der Waals surface area (Å²) in [6.45, 7) is 0. The molecule has 0 aromatic heterocycles. The summed E-state index contributed by atoms with van der Waals surface area (Å²) in [6, 6.07) is 10.6. The summed E-state index contributed by atoms with van der Waals surface area (Å²) in [7, 11) is 2.98. The first-order valence-corrected chi connectivity index (χ1v) is 6.24. The van der Waals surface area contributed by atoms with Gasteiger partial charge in [-0.25, -0.2) is 4.39 Å². The van der Waals surface area contributed by atoms with E-state index in [1.807, 2.05) is 0 Å². The van der Waals surface area contributed by atoms with Gasteiger partial charge in [-0.1, -0.05) is 6.07 Å². The SMILES string of the molecule is COc1cccc(F)c1C(=O)c1ccc(N(C)C=O)cc1. The second kappa shape index (κ2) is 6.17. The fourth-order valence-corrected chi connectivity index (χ4v) is 1.95. The minimum absolute atomic E-state index is 0.100. The van der Waals surface area contributed by atoms with Crippen LogP contribution < -0.4 is 9.64 Å². The molecule has 0 fully saturated rings. The largest absolute Gasteiger partial charge is 0.496 e. The van der Waals surface area contributed by atoms with Crippen molar-refractivity contribution in [3.63, 3.8) is 0 Å². The summed E-state index contributed by atoms with van der Waals surface area (Å²) in [5, 5.41) is 0. The number of ether oxygens (including phenoxy) is 1. The highest BCUT2D eigenvalue weighted by molar-refractivity contribution is 6.11. The summed E-state index contributed by atoms with van der Waals surface area (Å²) < 4.78 is 18.9. The quantitative estimate of drug-likeness (QED) is 0.627. The van der Waals surface area contributed by atoms with E-state index in [1.54, 1.807) is 31.3 Å². The van der Waals surface area contributed by atoms with Crippen LogP contribution in [0.3, 0.4) is 0 Å². The lowest BCUT2D eigenvalue weighted by atomic mass is 10.0. The van der Waals surface area contributed by atoms with Gasteiger partial charge in [0.15, 0.2) is 5.78 Å². The number of ketones is 1. The molecule has 0 unspecified atom stereocenters. The van der Waals surface area contributed by atoms with Gasteiger partial charge < -0.3 is 9.64 Å². The van der Waals surface area contributed by atoms with Crippen molar-refractivity contribution in [1.29, 1.82) is 0 Å². The maximum atomic E-state index is 13.9. The first-order valence-electron chi connectivity index (χ1n) is 6.24. The smallest absolute Gasteiger partial charge is 0.213 e. The molecule has 2 aromatic rings. The molecule has 21 heavy (non-hydrogen) atoms. The number of rotatable bonds is 5. The van der Waals surface area contributed by atoms with Gasteiger partial charge in [0.25, 0.3) is 0 Å². The van der Waals surface area contributed by atoms with E-state index in [1.165, 1.54) is 30.2 Å². The number of benzene rings is 2. The van der Waals surface area contributed by atoms with Gasteiger partial charge in [-0.15, -0.1) is 0 Å². The molecule has 2 rings (SSSR count). The molecule has 0 N–H and O–H groups in total. The molecule has 1 amide bonds. The zero-order valence-corrected chi connectivity index (χ0v) is 11.7. The van der Waals surface area contributed by atoms with Crippen LogP contribution in [0.2, 0.25) is 0 Å². The second-order valence-electron chi connectivity index (χ2n) is 4.41. The molecule has 4 nitrogen and oxygen atoms in total. The first kappa shape index (κ1) is 14.7. The van der Waals surface area contributed by atoms with Crippen LogP contribution in [0.4, 0.5) is 10.1 Å². The number of hydrogen-bond acceptors (Lipinski definition) is 3. The van der Waals surface area contributed by atoms with Crippen molar-refractivity contribution in [3.8, 4) is 5.75 Å². The Hall–Kier alpha value is -2.69. The molecule has 0 saturated heterocycles. The second-order valence-corrected chi connectivity index (χ2v) is 4.41. The minimum Gasteiger partial charge on any atom is -0.496 e. The number of anilines is 1. The predicted octanol–water partition coefficient (Wildman–Crippen LogP) is 2.66. The average Bonchev–Trinajstić information content (AvgIpc) is 2.53. The summed E-state index contributed by atoms with van der Waals surface area (Å²) in [4.78, 5) is 24.4. The standard InChI is InChI=1S/C16H14FNO3/c1-18(10-19)12-8-6-11(7-9-12)16(20)15-13(17)4-3-5-14(15)21-2/h3-10H,1-2H3. The molecule has 0 bridgehead atoms. The lowest BCUT2D eigenvalue weighted by molar-refractivity contribution is -0.107. The van der Waals surface area contributed by atoms with Gasteiger partial charge in [0.05, 0.1) is 7.11 Å². The van der Waals surface area contributed by atoms with Crippen molar-refractivity contribution in [2.45, 2.75) is 0 Å². The van der Waals surface area contributed by atoms with Crippen molar-refractivity contribution in [1.82, 2.24) is 0 Å². The van der Waals surface area contributed by atoms with Crippen molar-refractivity contribution in [3.05, 3.63) is 59.4 Å². The molecule has 5 heteroatoms. The lowest BCUT2D eigenvalue weighted by Gasteiger charge is -2.12. The molecular formula is C16H14FNO3.